The molecule has 1 aromatic rings. The number of aliphatic imine (C=N–C) groups is 1. The lowest BCUT2D eigenvalue weighted by molar-refractivity contribution is -0.385. The predicted molar refractivity (Wildman–Crippen MR) is 119 cm³/mol. The number of hydrogen-bond donors (Lipinski definition) is 1. The van der Waals surface area contributed by atoms with E-state index < -0.39 is 0 Å². The first-order chi connectivity index (χ1) is 14.0. The molecule has 1 saturated heterocycles. The van der Waals surface area contributed by atoms with E-state index in [-0.39, 0.29) is 10.6 Å². The largest absolute Gasteiger partial charge is 0.369 e. The molecule has 0 bridgehead atoms. The van der Waals surface area contributed by atoms with E-state index in [9.17, 15) is 10.1 Å². The van der Waals surface area contributed by atoms with Gasteiger partial charge in [-0.25, -0.2) is 4.99 Å². The minimum Gasteiger partial charge on any atom is -0.369 e. The van der Waals surface area contributed by atoms with Gasteiger partial charge in [0.2, 0.25) is 0 Å². The second-order valence-corrected chi connectivity index (χ2v) is 6.88. The van der Waals surface area contributed by atoms with Crippen LogP contribution < -0.4 is 5.32 Å². The molecule has 0 amide bonds. The first kappa shape index (κ1) is 22.4. The number of benzene rings is 1. The normalized spacial score (nSPS) is 16.7. The van der Waals surface area contributed by atoms with Gasteiger partial charge in [-0.1, -0.05) is 43.9 Å². The smallest absolute Gasteiger partial charge is 0.274 e. The molecule has 0 unspecified atom stereocenters. The van der Waals surface area contributed by atoms with Crippen molar-refractivity contribution in [2.45, 2.75) is 26.8 Å². The molecule has 7 heteroatoms. The number of nitro benzene ring substituents is 1. The standard InChI is InChI=1S/C22H31N5O2/c1-5-10-21(26-15-13-25(4)14-16-26)19(6-2)22(23-7-3)24-17-18-11-8-9-12-20(18)27(28)29/h6-12,24H,2,5,13-17H2,1,3-4H3/b21-10-,22-19+,23-7-. The van der Waals surface area contributed by atoms with Gasteiger partial charge in [-0.05, 0) is 20.4 Å². The highest BCUT2D eigenvalue weighted by Crippen LogP contribution is 2.23. The van der Waals surface area contributed by atoms with Crippen LogP contribution in [0.5, 0.6) is 0 Å². The number of piperazine rings is 1. The van der Waals surface area contributed by atoms with Crippen LogP contribution in [0.1, 0.15) is 25.8 Å². The van der Waals surface area contributed by atoms with Gasteiger partial charge in [0.25, 0.3) is 5.69 Å². The van der Waals surface area contributed by atoms with Gasteiger partial charge >= 0.3 is 0 Å². The Bertz CT molecular complexity index is 805. The number of nitrogens with one attached hydrogen (secondary N) is 1. The topological polar surface area (TPSA) is 74.0 Å². The average Bonchev–Trinajstić information content (AvgIpc) is 2.72. The molecule has 1 aliphatic rings. The maximum atomic E-state index is 11.3. The second-order valence-electron chi connectivity index (χ2n) is 6.88. The molecule has 0 aliphatic carbocycles. The van der Waals surface area contributed by atoms with Crippen molar-refractivity contribution in [1.29, 1.82) is 0 Å². The monoisotopic (exact) mass is 397 g/mol. The summed E-state index contributed by atoms with van der Waals surface area (Å²) < 4.78 is 0. The predicted octanol–water partition coefficient (Wildman–Crippen LogP) is 3.71. The molecule has 0 aromatic heterocycles. The van der Waals surface area contributed by atoms with Crippen LogP contribution in [0.4, 0.5) is 5.69 Å². The zero-order chi connectivity index (χ0) is 21.2. The van der Waals surface area contributed by atoms with Crippen molar-refractivity contribution in [1.82, 2.24) is 15.1 Å². The molecule has 0 radical (unpaired) electrons. The fourth-order valence-corrected chi connectivity index (χ4v) is 3.33. The van der Waals surface area contributed by atoms with Crippen LogP contribution in [0.15, 0.2) is 65.1 Å². The number of likely N-dealkylation sites (N-methyl/N-ethyl adjacent to an activating group) is 1. The quantitative estimate of drug-likeness (QED) is 0.298. The Hall–Kier alpha value is -2.93. The van der Waals surface area contributed by atoms with Gasteiger partial charge in [-0.15, -0.1) is 0 Å². The second kappa shape index (κ2) is 11.2. The molecule has 1 aliphatic heterocycles. The van der Waals surface area contributed by atoms with Crippen molar-refractivity contribution < 1.29 is 4.92 Å². The van der Waals surface area contributed by atoms with E-state index in [1.54, 1.807) is 24.4 Å². The summed E-state index contributed by atoms with van der Waals surface area (Å²) in [6, 6.07) is 6.75. The van der Waals surface area contributed by atoms with Crippen LogP contribution in [0.2, 0.25) is 0 Å². The Morgan fingerprint density at radius 3 is 2.59 bits per heavy atom. The summed E-state index contributed by atoms with van der Waals surface area (Å²) in [5.74, 6) is 0.666. The number of para-hydroxylation sites is 1. The molecule has 0 spiro atoms. The highest BCUT2D eigenvalue weighted by Gasteiger charge is 2.20. The maximum absolute atomic E-state index is 11.3. The van der Waals surface area contributed by atoms with Crippen LogP contribution in [0.25, 0.3) is 0 Å². The molecule has 2 rings (SSSR count). The van der Waals surface area contributed by atoms with Crippen molar-refractivity contribution in [3.63, 3.8) is 0 Å². The minimum absolute atomic E-state index is 0.100. The highest BCUT2D eigenvalue weighted by molar-refractivity contribution is 5.57. The number of rotatable bonds is 9. The zero-order valence-corrected chi connectivity index (χ0v) is 17.6. The molecule has 0 saturated carbocycles. The summed E-state index contributed by atoms with van der Waals surface area (Å²) >= 11 is 0. The Balaban J connectivity index is 2.35. The molecule has 1 fully saturated rings. The maximum Gasteiger partial charge on any atom is 0.274 e. The molecular weight excluding hydrogens is 366 g/mol. The lowest BCUT2D eigenvalue weighted by atomic mass is 10.1. The van der Waals surface area contributed by atoms with Crippen molar-refractivity contribution in [3.8, 4) is 0 Å². The summed E-state index contributed by atoms with van der Waals surface area (Å²) in [7, 11) is 2.13. The van der Waals surface area contributed by atoms with Crippen molar-refractivity contribution in [2.24, 2.45) is 4.99 Å². The fourth-order valence-electron chi connectivity index (χ4n) is 3.33. The van der Waals surface area contributed by atoms with Crippen LogP contribution in [0, 0.1) is 10.1 Å². The lowest BCUT2D eigenvalue weighted by Gasteiger charge is -2.36. The summed E-state index contributed by atoms with van der Waals surface area (Å²) in [6.07, 6.45) is 6.62. The molecule has 29 heavy (non-hydrogen) atoms. The van der Waals surface area contributed by atoms with Crippen LogP contribution in [-0.4, -0.2) is 54.2 Å². The third kappa shape index (κ3) is 6.02. The SMILES string of the molecule is C=CC(/C(=C/CC)N1CCN(C)CC1)=C(/N=C\C)NCc1ccccc1[N+](=O)[O-]. The van der Waals surface area contributed by atoms with Gasteiger partial charge in [0.15, 0.2) is 0 Å². The number of hydrogen-bond acceptors (Lipinski definition) is 6. The molecular formula is C22H31N5O2. The van der Waals surface area contributed by atoms with E-state index >= 15 is 0 Å². The third-order valence-corrected chi connectivity index (χ3v) is 4.87. The van der Waals surface area contributed by atoms with E-state index in [1.807, 2.05) is 13.0 Å². The molecule has 1 heterocycles. The van der Waals surface area contributed by atoms with E-state index in [0.717, 1.165) is 43.9 Å². The van der Waals surface area contributed by atoms with Crippen LogP contribution >= 0.6 is 0 Å². The van der Waals surface area contributed by atoms with Crippen LogP contribution in [0.3, 0.4) is 0 Å². The molecule has 7 nitrogen and oxygen atoms in total. The number of allylic oxidation sites excluding steroid dienone is 2. The van der Waals surface area contributed by atoms with E-state index in [1.165, 1.54) is 6.07 Å². The Labute approximate surface area is 173 Å². The number of nitro groups is 1. The Morgan fingerprint density at radius 1 is 1.31 bits per heavy atom. The van der Waals surface area contributed by atoms with E-state index in [4.69, 9.17) is 0 Å². The highest BCUT2D eigenvalue weighted by atomic mass is 16.6. The summed E-state index contributed by atoms with van der Waals surface area (Å²) in [6.45, 7) is 12.2. The van der Waals surface area contributed by atoms with Crippen molar-refractivity contribution >= 4 is 11.9 Å². The Kier molecular flexibility index (Phi) is 8.61. The van der Waals surface area contributed by atoms with Gasteiger partial charge in [-0.2, -0.15) is 0 Å². The van der Waals surface area contributed by atoms with Gasteiger partial charge in [-0.3, -0.25) is 10.1 Å². The fraction of sp³-hybridized carbons (Fsp3) is 0.409. The van der Waals surface area contributed by atoms with Gasteiger partial charge in [0.05, 0.1) is 4.92 Å². The number of nitrogens with zero attached hydrogens (tertiary/aromatic N) is 4. The minimum atomic E-state index is -0.357. The molecule has 1 aromatic carbocycles. The van der Waals surface area contributed by atoms with E-state index in [0.29, 0.717) is 17.9 Å². The van der Waals surface area contributed by atoms with Crippen molar-refractivity contribution in [3.05, 3.63) is 75.8 Å². The average molecular weight is 398 g/mol. The summed E-state index contributed by atoms with van der Waals surface area (Å²) in [5.41, 5.74) is 2.73. The molecule has 0 atom stereocenters. The van der Waals surface area contributed by atoms with Gasteiger partial charge < -0.3 is 15.1 Å². The third-order valence-electron chi connectivity index (χ3n) is 4.87. The first-order valence-electron chi connectivity index (χ1n) is 9.97. The van der Waals surface area contributed by atoms with Gasteiger partial charge in [0.1, 0.15) is 5.82 Å². The first-order valence-corrected chi connectivity index (χ1v) is 9.97. The van der Waals surface area contributed by atoms with Crippen molar-refractivity contribution in [2.75, 3.05) is 33.2 Å². The van der Waals surface area contributed by atoms with Crippen LogP contribution in [-0.2, 0) is 6.54 Å². The van der Waals surface area contributed by atoms with Gasteiger partial charge in [0, 0.05) is 61.8 Å². The summed E-state index contributed by atoms with van der Waals surface area (Å²) in [4.78, 5) is 20.1. The molecule has 1 N–H and O–H groups in total. The zero-order valence-electron chi connectivity index (χ0n) is 17.6. The lowest BCUT2D eigenvalue weighted by Crippen LogP contribution is -2.44. The van der Waals surface area contributed by atoms with E-state index in [2.05, 4.69) is 46.7 Å². The Morgan fingerprint density at radius 2 is 2.00 bits per heavy atom. The summed E-state index contributed by atoms with van der Waals surface area (Å²) in [5, 5.41) is 14.6. The molecule has 156 valence electrons.